The molecular formula is C6H10O6. The summed E-state index contributed by atoms with van der Waals surface area (Å²) in [5, 5.41) is 35.8. The maximum absolute atomic E-state index is 10.5. The van der Waals surface area contributed by atoms with Crippen LogP contribution in [0.3, 0.4) is 0 Å². The number of aliphatic carboxylic acids is 1. The Bertz CT molecular complexity index is 204. The van der Waals surface area contributed by atoms with Gasteiger partial charge in [0.15, 0.2) is 6.29 Å². The third kappa shape index (κ3) is 1.00. The number of ether oxygens (including phenoxy) is 1. The fraction of sp³-hybridized carbons (Fsp3) is 0.833. The molecule has 1 aliphatic rings. The average Bonchev–Trinajstić information content (AvgIpc) is 2.16. The highest BCUT2D eigenvalue weighted by molar-refractivity contribution is 5.79. The summed E-state index contributed by atoms with van der Waals surface area (Å²) in [6.07, 6.45) is -4.61. The van der Waals surface area contributed by atoms with E-state index in [1.807, 2.05) is 0 Å². The molecule has 1 saturated heterocycles. The van der Waals surface area contributed by atoms with E-state index in [1.165, 1.54) is 6.92 Å². The van der Waals surface area contributed by atoms with E-state index in [4.69, 9.17) is 15.3 Å². The molecule has 70 valence electrons. The van der Waals surface area contributed by atoms with Crippen LogP contribution in [0.25, 0.3) is 0 Å². The average molecular weight is 178 g/mol. The molecule has 0 saturated carbocycles. The van der Waals surface area contributed by atoms with Crippen molar-refractivity contribution in [1.29, 1.82) is 0 Å². The molecule has 0 spiro atoms. The maximum atomic E-state index is 10.5. The van der Waals surface area contributed by atoms with Gasteiger partial charge in [-0.1, -0.05) is 0 Å². The number of carboxylic acids is 1. The van der Waals surface area contributed by atoms with Crippen LogP contribution in [0, 0.1) is 0 Å². The van der Waals surface area contributed by atoms with Gasteiger partial charge in [0.1, 0.15) is 12.2 Å². The number of carbonyl (C=O) groups is 1. The summed E-state index contributed by atoms with van der Waals surface area (Å²) in [7, 11) is 0. The highest BCUT2D eigenvalue weighted by atomic mass is 16.6. The predicted octanol–water partition coefficient (Wildman–Crippen LogP) is -2.10. The first-order valence-electron chi connectivity index (χ1n) is 3.38. The molecular weight excluding hydrogens is 168 g/mol. The van der Waals surface area contributed by atoms with Crippen molar-refractivity contribution in [2.45, 2.75) is 31.0 Å². The molecule has 0 bridgehead atoms. The Morgan fingerprint density at radius 3 is 2.17 bits per heavy atom. The van der Waals surface area contributed by atoms with Crippen LogP contribution in [0.15, 0.2) is 0 Å². The largest absolute Gasteiger partial charge is 0.479 e. The second-order valence-electron chi connectivity index (χ2n) is 2.74. The summed E-state index contributed by atoms with van der Waals surface area (Å²) in [6.45, 7) is 1.26. The second-order valence-corrected chi connectivity index (χ2v) is 2.74. The minimum atomic E-state index is -2.42. The Hall–Kier alpha value is -0.690. The summed E-state index contributed by atoms with van der Waals surface area (Å²) in [6, 6.07) is 0. The molecule has 0 aliphatic carbocycles. The van der Waals surface area contributed by atoms with Gasteiger partial charge in [0.25, 0.3) is 0 Å². The lowest BCUT2D eigenvalue weighted by atomic mass is 9.94. The zero-order valence-electron chi connectivity index (χ0n) is 6.34. The standard InChI is InChI=1S/C6H10O6/c1-2-6(11,5(9)10)3(7)4(8)12-2/h2-4,7-8,11H,1H3,(H,9,10). The van der Waals surface area contributed by atoms with E-state index in [9.17, 15) is 9.90 Å². The van der Waals surface area contributed by atoms with Gasteiger partial charge >= 0.3 is 5.97 Å². The smallest absolute Gasteiger partial charge is 0.341 e. The van der Waals surface area contributed by atoms with Crippen molar-refractivity contribution >= 4 is 5.97 Å². The quantitative estimate of drug-likeness (QED) is 0.366. The molecule has 0 amide bonds. The van der Waals surface area contributed by atoms with Crippen LogP contribution in [-0.4, -0.2) is 50.5 Å². The molecule has 0 aromatic heterocycles. The lowest BCUT2D eigenvalue weighted by molar-refractivity contribution is -0.172. The van der Waals surface area contributed by atoms with Gasteiger partial charge in [-0.25, -0.2) is 4.79 Å². The molecule has 4 N–H and O–H groups in total. The van der Waals surface area contributed by atoms with Gasteiger partial charge in [0.05, 0.1) is 0 Å². The SMILES string of the molecule is CC1OC(O)C(O)C1(O)C(=O)O. The molecule has 12 heavy (non-hydrogen) atoms. The van der Waals surface area contributed by atoms with Crippen LogP contribution in [0.1, 0.15) is 6.92 Å². The number of rotatable bonds is 1. The first-order valence-corrected chi connectivity index (χ1v) is 3.38. The molecule has 1 aliphatic heterocycles. The zero-order chi connectivity index (χ0) is 9.52. The Labute approximate surface area is 68.0 Å². The van der Waals surface area contributed by atoms with E-state index in [0.29, 0.717) is 0 Å². The van der Waals surface area contributed by atoms with E-state index >= 15 is 0 Å². The van der Waals surface area contributed by atoms with E-state index in [0.717, 1.165) is 0 Å². The molecule has 1 rings (SSSR count). The minimum Gasteiger partial charge on any atom is -0.479 e. The topological polar surface area (TPSA) is 107 Å². The van der Waals surface area contributed by atoms with Gasteiger partial charge in [0.2, 0.25) is 5.60 Å². The Balaban J connectivity index is 2.95. The first kappa shape index (κ1) is 9.40. The Morgan fingerprint density at radius 2 is 2.00 bits per heavy atom. The van der Waals surface area contributed by atoms with Crippen molar-refractivity contribution in [3.8, 4) is 0 Å². The summed E-state index contributed by atoms with van der Waals surface area (Å²) < 4.78 is 4.53. The number of hydrogen-bond donors (Lipinski definition) is 4. The van der Waals surface area contributed by atoms with Gasteiger partial charge < -0.3 is 25.2 Å². The fourth-order valence-electron chi connectivity index (χ4n) is 1.15. The fourth-order valence-corrected chi connectivity index (χ4v) is 1.15. The van der Waals surface area contributed by atoms with Gasteiger partial charge in [-0.2, -0.15) is 0 Å². The van der Waals surface area contributed by atoms with Crippen LogP contribution in [0.4, 0.5) is 0 Å². The summed E-state index contributed by atoms with van der Waals surface area (Å²) in [4.78, 5) is 10.5. The molecule has 0 radical (unpaired) electrons. The molecule has 0 aromatic rings. The molecule has 6 nitrogen and oxygen atoms in total. The van der Waals surface area contributed by atoms with Crippen molar-refractivity contribution < 1.29 is 30.0 Å². The lowest BCUT2D eigenvalue weighted by Gasteiger charge is -2.23. The van der Waals surface area contributed by atoms with Crippen LogP contribution in [0.5, 0.6) is 0 Å². The monoisotopic (exact) mass is 178 g/mol. The molecule has 1 fully saturated rings. The minimum absolute atomic E-state index is 1.14. The molecule has 4 unspecified atom stereocenters. The predicted molar refractivity (Wildman–Crippen MR) is 35.1 cm³/mol. The highest BCUT2D eigenvalue weighted by Crippen LogP contribution is 2.29. The van der Waals surface area contributed by atoms with Crippen molar-refractivity contribution in [2.75, 3.05) is 0 Å². The van der Waals surface area contributed by atoms with Crippen molar-refractivity contribution in [3.63, 3.8) is 0 Å². The van der Waals surface area contributed by atoms with E-state index in [-0.39, 0.29) is 0 Å². The second kappa shape index (κ2) is 2.67. The summed E-state index contributed by atoms with van der Waals surface area (Å²) >= 11 is 0. The number of aliphatic hydroxyl groups is 3. The zero-order valence-corrected chi connectivity index (χ0v) is 6.34. The first-order chi connectivity index (χ1) is 5.40. The van der Waals surface area contributed by atoms with Gasteiger partial charge in [0, 0.05) is 0 Å². The number of hydrogen-bond acceptors (Lipinski definition) is 5. The van der Waals surface area contributed by atoms with Gasteiger partial charge in [-0.3, -0.25) is 0 Å². The Morgan fingerprint density at radius 1 is 1.50 bits per heavy atom. The highest BCUT2D eigenvalue weighted by Gasteiger charge is 2.58. The van der Waals surface area contributed by atoms with E-state index < -0.39 is 30.1 Å². The van der Waals surface area contributed by atoms with Crippen molar-refractivity contribution in [2.24, 2.45) is 0 Å². The Kier molecular flexibility index (Phi) is 2.09. The van der Waals surface area contributed by atoms with E-state index in [1.54, 1.807) is 0 Å². The normalized spacial score (nSPS) is 47.8. The van der Waals surface area contributed by atoms with Crippen LogP contribution >= 0.6 is 0 Å². The summed E-state index contributed by atoms with van der Waals surface area (Å²) in [5.41, 5.74) is -2.42. The maximum Gasteiger partial charge on any atom is 0.341 e. The third-order valence-electron chi connectivity index (χ3n) is 2.03. The van der Waals surface area contributed by atoms with Crippen LogP contribution < -0.4 is 0 Å². The number of carboxylic acid groups (broad SMARTS) is 1. The van der Waals surface area contributed by atoms with Crippen LogP contribution in [-0.2, 0) is 9.53 Å². The van der Waals surface area contributed by atoms with Gasteiger partial charge in [-0.15, -0.1) is 0 Å². The van der Waals surface area contributed by atoms with Crippen LogP contribution in [0.2, 0.25) is 0 Å². The van der Waals surface area contributed by atoms with Crippen molar-refractivity contribution in [3.05, 3.63) is 0 Å². The molecule has 4 atom stereocenters. The van der Waals surface area contributed by atoms with Gasteiger partial charge in [-0.05, 0) is 6.92 Å². The lowest BCUT2D eigenvalue weighted by Crippen LogP contribution is -2.53. The number of aliphatic hydroxyl groups excluding tert-OH is 2. The molecule has 6 heteroatoms. The van der Waals surface area contributed by atoms with E-state index in [2.05, 4.69) is 4.74 Å². The molecule has 0 aromatic carbocycles. The summed E-state index contributed by atoms with van der Waals surface area (Å²) in [5.74, 6) is -1.61. The molecule has 1 heterocycles. The third-order valence-corrected chi connectivity index (χ3v) is 2.03. The van der Waals surface area contributed by atoms with Crippen molar-refractivity contribution in [1.82, 2.24) is 0 Å².